The van der Waals surface area contributed by atoms with Gasteiger partial charge in [-0.15, -0.1) is 0 Å². The number of rotatable bonds is 8. The number of carbonyl (C=O) groups excluding carboxylic acids is 1. The van der Waals surface area contributed by atoms with Crippen molar-refractivity contribution in [2.24, 2.45) is 0 Å². The third-order valence-electron chi connectivity index (χ3n) is 3.38. The number of ether oxygens (including phenoxy) is 1. The third kappa shape index (κ3) is 6.35. The van der Waals surface area contributed by atoms with E-state index in [9.17, 15) is 4.79 Å². The highest BCUT2D eigenvalue weighted by atomic mass is 32.2. The van der Waals surface area contributed by atoms with Crippen LogP contribution in [0.5, 0.6) is 0 Å². The molecule has 0 atom stereocenters. The summed E-state index contributed by atoms with van der Waals surface area (Å²) in [5.74, 6) is 1.89. The lowest BCUT2D eigenvalue weighted by Crippen LogP contribution is -2.15. The minimum absolute atomic E-state index is 0.0333. The maximum Gasteiger partial charge on any atom is 0.235 e. The Balaban J connectivity index is 1.49. The second-order valence-electron chi connectivity index (χ2n) is 5.21. The third-order valence-corrected chi connectivity index (χ3v) is 4.42. The van der Waals surface area contributed by atoms with Crippen LogP contribution in [0, 0.1) is 0 Å². The Bertz CT molecular complexity index is 433. The van der Waals surface area contributed by atoms with Gasteiger partial charge in [-0.2, -0.15) is 11.8 Å². The molecular weight excluding hydrogens is 286 g/mol. The average molecular weight is 309 g/mol. The van der Waals surface area contributed by atoms with Crippen molar-refractivity contribution < 1.29 is 9.53 Å². The molecule has 3 N–H and O–H groups in total. The Kier molecular flexibility index (Phi) is 6.82. The zero-order chi connectivity index (χ0) is 14.9. The van der Waals surface area contributed by atoms with Crippen molar-refractivity contribution >= 4 is 29.2 Å². The van der Waals surface area contributed by atoms with Gasteiger partial charge in [0.05, 0.1) is 23.7 Å². The fourth-order valence-corrected chi connectivity index (χ4v) is 3.01. The first-order chi connectivity index (χ1) is 10.2. The van der Waals surface area contributed by atoms with Crippen molar-refractivity contribution in [3.63, 3.8) is 0 Å². The number of thioether (sulfide) groups is 1. The number of nitrogens with zero attached hydrogens (tertiary/aromatic N) is 1. The average Bonchev–Trinajstić information content (AvgIpc) is 2.98. The molecule has 5 nitrogen and oxygen atoms in total. The smallest absolute Gasteiger partial charge is 0.235 e. The van der Waals surface area contributed by atoms with Crippen molar-refractivity contribution in [3.05, 3.63) is 18.3 Å². The van der Waals surface area contributed by atoms with Crippen LogP contribution in [-0.4, -0.2) is 35.1 Å². The molecule has 2 rings (SSSR count). The second kappa shape index (κ2) is 8.89. The van der Waals surface area contributed by atoms with Crippen molar-refractivity contribution in [3.8, 4) is 0 Å². The molecule has 1 heterocycles. The summed E-state index contributed by atoms with van der Waals surface area (Å²) in [6, 6.07) is 3.42. The Morgan fingerprint density at radius 1 is 1.43 bits per heavy atom. The number of hydrogen-bond acceptors (Lipinski definition) is 5. The standard InChI is InChI=1S/C15H23N3O2S/c16-12-6-7-14(17-10-12)18-15(19)11-21-9-3-8-20-13-4-1-2-5-13/h6-7,10,13H,1-5,8-9,11,16H2,(H,17,18,19). The highest BCUT2D eigenvalue weighted by molar-refractivity contribution is 7.99. The van der Waals surface area contributed by atoms with Crippen LogP contribution in [-0.2, 0) is 9.53 Å². The molecule has 0 radical (unpaired) electrons. The summed E-state index contributed by atoms with van der Waals surface area (Å²) in [7, 11) is 0. The zero-order valence-electron chi connectivity index (χ0n) is 12.2. The summed E-state index contributed by atoms with van der Waals surface area (Å²) in [6.07, 6.45) is 8.04. The van der Waals surface area contributed by atoms with Gasteiger partial charge in [0.25, 0.3) is 0 Å². The summed E-state index contributed by atoms with van der Waals surface area (Å²) < 4.78 is 5.78. The van der Waals surface area contributed by atoms with E-state index < -0.39 is 0 Å². The van der Waals surface area contributed by atoms with Crippen LogP contribution in [0.3, 0.4) is 0 Å². The molecule has 1 aromatic rings. The Hall–Kier alpha value is -1.27. The predicted octanol–water partition coefficient (Wildman–Crippen LogP) is 2.68. The molecule has 0 unspecified atom stereocenters. The number of nitrogen functional groups attached to an aromatic ring is 1. The Morgan fingerprint density at radius 2 is 2.24 bits per heavy atom. The van der Waals surface area contributed by atoms with Gasteiger partial charge in [0.1, 0.15) is 5.82 Å². The first-order valence-electron chi connectivity index (χ1n) is 7.45. The van der Waals surface area contributed by atoms with Crippen LogP contribution < -0.4 is 11.1 Å². The molecule has 21 heavy (non-hydrogen) atoms. The van der Waals surface area contributed by atoms with Gasteiger partial charge < -0.3 is 15.8 Å². The number of amides is 1. The molecule has 1 aromatic heterocycles. The summed E-state index contributed by atoms with van der Waals surface area (Å²) >= 11 is 1.62. The van der Waals surface area contributed by atoms with Crippen molar-refractivity contribution in [2.45, 2.75) is 38.2 Å². The van der Waals surface area contributed by atoms with E-state index in [1.165, 1.54) is 31.9 Å². The molecule has 0 saturated heterocycles. The van der Waals surface area contributed by atoms with Gasteiger partial charge in [-0.3, -0.25) is 4.79 Å². The van der Waals surface area contributed by atoms with E-state index in [4.69, 9.17) is 10.5 Å². The number of aromatic nitrogens is 1. The normalized spacial score (nSPS) is 15.2. The van der Waals surface area contributed by atoms with Crippen LogP contribution in [0.15, 0.2) is 18.3 Å². The maximum absolute atomic E-state index is 11.7. The molecule has 0 aromatic carbocycles. The summed E-state index contributed by atoms with van der Waals surface area (Å²) in [6.45, 7) is 0.804. The van der Waals surface area contributed by atoms with Gasteiger partial charge in [0, 0.05) is 6.61 Å². The number of nitrogens with one attached hydrogen (secondary N) is 1. The quantitative estimate of drug-likeness (QED) is 0.722. The number of pyridine rings is 1. The molecule has 1 aliphatic carbocycles. The van der Waals surface area contributed by atoms with Gasteiger partial charge in [-0.05, 0) is 37.1 Å². The largest absolute Gasteiger partial charge is 0.397 e. The van der Waals surface area contributed by atoms with Crippen LogP contribution in [0.2, 0.25) is 0 Å². The van der Waals surface area contributed by atoms with Gasteiger partial charge in [-0.1, -0.05) is 12.8 Å². The van der Waals surface area contributed by atoms with Gasteiger partial charge in [0.2, 0.25) is 5.91 Å². The predicted molar refractivity (Wildman–Crippen MR) is 87.4 cm³/mol. The Morgan fingerprint density at radius 3 is 2.95 bits per heavy atom. The van der Waals surface area contributed by atoms with E-state index in [2.05, 4.69) is 10.3 Å². The first-order valence-corrected chi connectivity index (χ1v) is 8.60. The molecule has 0 aliphatic heterocycles. The fraction of sp³-hybridized carbons (Fsp3) is 0.600. The van der Waals surface area contributed by atoms with Gasteiger partial charge >= 0.3 is 0 Å². The van der Waals surface area contributed by atoms with Crippen LogP contribution in [0.1, 0.15) is 32.1 Å². The molecule has 1 fully saturated rings. The number of anilines is 2. The van der Waals surface area contributed by atoms with Crippen LogP contribution in [0.25, 0.3) is 0 Å². The molecule has 1 saturated carbocycles. The highest BCUT2D eigenvalue weighted by Gasteiger charge is 2.14. The van der Waals surface area contributed by atoms with Crippen LogP contribution >= 0.6 is 11.8 Å². The molecule has 0 spiro atoms. The molecule has 0 bridgehead atoms. The molecule has 1 amide bonds. The summed E-state index contributed by atoms with van der Waals surface area (Å²) in [5.41, 5.74) is 6.13. The summed E-state index contributed by atoms with van der Waals surface area (Å²) in [5, 5.41) is 2.75. The second-order valence-corrected chi connectivity index (χ2v) is 6.31. The Labute approximate surface area is 130 Å². The van der Waals surface area contributed by atoms with E-state index in [-0.39, 0.29) is 5.91 Å². The fourth-order valence-electron chi connectivity index (χ4n) is 2.29. The minimum atomic E-state index is -0.0333. The summed E-state index contributed by atoms with van der Waals surface area (Å²) in [4.78, 5) is 15.7. The lowest BCUT2D eigenvalue weighted by Gasteiger charge is -2.10. The number of carbonyl (C=O) groups is 1. The minimum Gasteiger partial charge on any atom is -0.397 e. The lowest BCUT2D eigenvalue weighted by atomic mass is 10.3. The van der Waals surface area contributed by atoms with E-state index in [1.54, 1.807) is 23.9 Å². The molecule has 116 valence electrons. The van der Waals surface area contributed by atoms with E-state index in [1.807, 2.05) is 0 Å². The lowest BCUT2D eigenvalue weighted by molar-refractivity contribution is -0.113. The SMILES string of the molecule is Nc1ccc(NC(=O)CSCCCOC2CCCC2)nc1. The molecule has 6 heteroatoms. The van der Waals surface area contributed by atoms with E-state index in [0.29, 0.717) is 23.4 Å². The number of hydrogen-bond donors (Lipinski definition) is 2. The highest BCUT2D eigenvalue weighted by Crippen LogP contribution is 2.21. The van der Waals surface area contributed by atoms with Gasteiger partial charge in [0.15, 0.2) is 0 Å². The van der Waals surface area contributed by atoms with E-state index in [0.717, 1.165) is 18.8 Å². The molecular formula is C15H23N3O2S. The maximum atomic E-state index is 11.7. The van der Waals surface area contributed by atoms with Gasteiger partial charge in [-0.25, -0.2) is 4.98 Å². The molecule has 1 aliphatic rings. The number of nitrogens with two attached hydrogens (primary N) is 1. The zero-order valence-corrected chi connectivity index (χ0v) is 13.0. The van der Waals surface area contributed by atoms with Crippen molar-refractivity contribution in [1.29, 1.82) is 0 Å². The van der Waals surface area contributed by atoms with Crippen molar-refractivity contribution in [1.82, 2.24) is 4.98 Å². The van der Waals surface area contributed by atoms with Crippen molar-refractivity contribution in [2.75, 3.05) is 29.2 Å². The van der Waals surface area contributed by atoms with E-state index >= 15 is 0 Å². The topological polar surface area (TPSA) is 77.2 Å². The monoisotopic (exact) mass is 309 g/mol. The first kappa shape index (κ1) is 16.1. The van der Waals surface area contributed by atoms with Crippen LogP contribution in [0.4, 0.5) is 11.5 Å².